The summed E-state index contributed by atoms with van der Waals surface area (Å²) < 4.78 is 0. The molecule has 108 valence electrons. The third-order valence-electron chi connectivity index (χ3n) is 3.04. The zero-order valence-corrected chi connectivity index (χ0v) is 13.2. The van der Waals surface area contributed by atoms with Crippen molar-refractivity contribution >= 4 is 23.1 Å². The van der Waals surface area contributed by atoms with Gasteiger partial charge in [-0.05, 0) is 12.5 Å². The molecular formula is C15H21N3OS. The van der Waals surface area contributed by atoms with Crippen molar-refractivity contribution in [3.05, 3.63) is 33.6 Å². The fourth-order valence-electron chi connectivity index (χ4n) is 1.84. The van der Waals surface area contributed by atoms with Gasteiger partial charge in [0.15, 0.2) is 5.82 Å². The second-order valence-electron chi connectivity index (χ2n) is 5.92. The molecule has 5 heteroatoms. The smallest absolute Gasteiger partial charge is 0.257 e. The number of amides is 1. The van der Waals surface area contributed by atoms with E-state index in [9.17, 15) is 4.79 Å². The molecule has 2 aromatic rings. The number of anilines is 1. The molecule has 0 saturated carbocycles. The molecule has 1 amide bonds. The molecule has 0 aliphatic rings. The van der Waals surface area contributed by atoms with Gasteiger partial charge >= 0.3 is 0 Å². The van der Waals surface area contributed by atoms with Gasteiger partial charge in [0, 0.05) is 27.4 Å². The van der Waals surface area contributed by atoms with Crippen molar-refractivity contribution in [2.24, 2.45) is 0 Å². The Labute approximate surface area is 123 Å². The minimum absolute atomic E-state index is 0.00729. The maximum atomic E-state index is 12.1. The topological polar surface area (TPSA) is 57.8 Å². The molecule has 0 aromatic carbocycles. The van der Waals surface area contributed by atoms with Gasteiger partial charge in [0.05, 0.1) is 5.56 Å². The van der Waals surface area contributed by atoms with Crippen LogP contribution in [0.2, 0.25) is 0 Å². The number of aryl methyl sites for hydroxylation is 1. The van der Waals surface area contributed by atoms with E-state index in [1.807, 2.05) is 17.5 Å². The van der Waals surface area contributed by atoms with E-state index in [0.29, 0.717) is 11.4 Å². The molecule has 0 fully saturated rings. The highest BCUT2D eigenvalue weighted by Gasteiger charge is 2.18. The second kappa shape index (κ2) is 5.79. The van der Waals surface area contributed by atoms with E-state index in [0.717, 1.165) is 18.5 Å². The zero-order valence-electron chi connectivity index (χ0n) is 12.4. The van der Waals surface area contributed by atoms with Gasteiger partial charge < -0.3 is 5.32 Å². The van der Waals surface area contributed by atoms with Gasteiger partial charge in [-0.2, -0.15) is 5.10 Å². The molecule has 0 saturated heterocycles. The number of H-pyrrole nitrogens is 1. The van der Waals surface area contributed by atoms with Crippen molar-refractivity contribution in [2.45, 2.75) is 46.0 Å². The van der Waals surface area contributed by atoms with E-state index in [4.69, 9.17) is 0 Å². The lowest BCUT2D eigenvalue weighted by Gasteiger charge is -2.14. The number of carbonyl (C=O) groups is 1. The largest absolute Gasteiger partial charge is 0.305 e. The van der Waals surface area contributed by atoms with Gasteiger partial charge in [-0.1, -0.05) is 34.1 Å². The number of rotatable bonds is 4. The fraction of sp³-hybridized carbons (Fsp3) is 0.467. The molecule has 0 unspecified atom stereocenters. The predicted octanol–water partition coefficient (Wildman–Crippen LogP) is 3.97. The highest BCUT2D eigenvalue weighted by atomic mass is 32.1. The van der Waals surface area contributed by atoms with Crippen LogP contribution in [0.25, 0.3) is 0 Å². The van der Waals surface area contributed by atoms with Crippen molar-refractivity contribution in [3.8, 4) is 0 Å². The summed E-state index contributed by atoms with van der Waals surface area (Å²) in [6, 6.07) is 3.85. The Morgan fingerprint density at radius 2 is 2.15 bits per heavy atom. The van der Waals surface area contributed by atoms with E-state index in [2.05, 4.69) is 43.2 Å². The number of nitrogens with zero attached hydrogens (tertiary/aromatic N) is 1. The molecule has 0 bridgehead atoms. The van der Waals surface area contributed by atoms with Crippen LogP contribution in [-0.2, 0) is 11.8 Å². The summed E-state index contributed by atoms with van der Waals surface area (Å²) in [6.07, 6.45) is 2.12. The van der Waals surface area contributed by atoms with Crippen molar-refractivity contribution in [2.75, 3.05) is 5.32 Å². The van der Waals surface area contributed by atoms with Crippen molar-refractivity contribution < 1.29 is 4.79 Å². The molecule has 2 aromatic heterocycles. The molecule has 2 rings (SSSR count). The standard InChI is InChI=1S/C15H21N3OS/c1-5-6-11-7-10(9-20-11)14(19)16-13-8-12(17-18-13)15(2,3)4/h7-9H,5-6H2,1-4H3,(H2,16,17,18,19). The van der Waals surface area contributed by atoms with Crippen LogP contribution in [0.1, 0.15) is 55.0 Å². The highest BCUT2D eigenvalue weighted by molar-refractivity contribution is 7.10. The van der Waals surface area contributed by atoms with Gasteiger partial charge in [0.25, 0.3) is 5.91 Å². The number of aromatic amines is 1. The number of carbonyl (C=O) groups excluding carboxylic acids is 1. The van der Waals surface area contributed by atoms with Crippen LogP contribution in [0.4, 0.5) is 5.82 Å². The van der Waals surface area contributed by atoms with Gasteiger partial charge in [-0.25, -0.2) is 0 Å². The first-order valence-corrected chi connectivity index (χ1v) is 7.72. The van der Waals surface area contributed by atoms with Crippen LogP contribution in [0.15, 0.2) is 17.5 Å². The van der Waals surface area contributed by atoms with Crippen LogP contribution >= 0.6 is 11.3 Å². The Bertz CT molecular complexity index is 592. The molecule has 0 aliphatic heterocycles. The van der Waals surface area contributed by atoms with E-state index < -0.39 is 0 Å². The van der Waals surface area contributed by atoms with Gasteiger partial charge in [0.1, 0.15) is 0 Å². The minimum Gasteiger partial charge on any atom is -0.305 e. The summed E-state index contributed by atoms with van der Waals surface area (Å²) in [5.41, 5.74) is 1.70. The number of aromatic nitrogens is 2. The molecule has 0 atom stereocenters. The van der Waals surface area contributed by atoms with Crippen molar-refractivity contribution in [1.82, 2.24) is 10.2 Å². The maximum absolute atomic E-state index is 12.1. The zero-order chi connectivity index (χ0) is 14.8. The average Bonchev–Trinajstić information content (AvgIpc) is 2.97. The van der Waals surface area contributed by atoms with E-state index in [1.54, 1.807) is 11.3 Å². The monoisotopic (exact) mass is 291 g/mol. The van der Waals surface area contributed by atoms with Crippen LogP contribution in [0.3, 0.4) is 0 Å². The molecule has 0 aliphatic carbocycles. The lowest BCUT2D eigenvalue weighted by molar-refractivity contribution is 0.102. The molecule has 0 spiro atoms. The van der Waals surface area contributed by atoms with Crippen molar-refractivity contribution in [3.63, 3.8) is 0 Å². The molecule has 4 nitrogen and oxygen atoms in total. The lowest BCUT2D eigenvalue weighted by Crippen LogP contribution is -2.12. The number of nitrogens with one attached hydrogen (secondary N) is 2. The molecule has 0 radical (unpaired) electrons. The minimum atomic E-state index is -0.101. The molecular weight excluding hydrogens is 270 g/mol. The van der Waals surface area contributed by atoms with Gasteiger partial charge in [0.2, 0.25) is 0 Å². The Balaban J connectivity index is 2.05. The van der Waals surface area contributed by atoms with Crippen LogP contribution in [-0.4, -0.2) is 16.1 Å². The Hall–Kier alpha value is -1.62. The Morgan fingerprint density at radius 3 is 2.75 bits per heavy atom. The summed E-state index contributed by atoms with van der Waals surface area (Å²) in [5, 5.41) is 11.8. The second-order valence-corrected chi connectivity index (χ2v) is 6.92. The third kappa shape index (κ3) is 3.48. The van der Waals surface area contributed by atoms with Crippen LogP contribution in [0.5, 0.6) is 0 Å². The van der Waals surface area contributed by atoms with Crippen LogP contribution < -0.4 is 5.32 Å². The average molecular weight is 291 g/mol. The number of hydrogen-bond acceptors (Lipinski definition) is 3. The van der Waals surface area contributed by atoms with Crippen LogP contribution in [0, 0.1) is 0 Å². The van der Waals surface area contributed by atoms with Gasteiger partial charge in [-0.15, -0.1) is 11.3 Å². The summed E-state index contributed by atoms with van der Waals surface area (Å²) in [4.78, 5) is 13.4. The van der Waals surface area contributed by atoms with E-state index >= 15 is 0 Å². The first-order valence-electron chi connectivity index (χ1n) is 6.85. The summed E-state index contributed by atoms with van der Waals surface area (Å²) in [7, 11) is 0. The summed E-state index contributed by atoms with van der Waals surface area (Å²) >= 11 is 1.63. The number of hydrogen-bond donors (Lipinski definition) is 2. The summed E-state index contributed by atoms with van der Waals surface area (Å²) in [6.45, 7) is 8.43. The normalized spacial score (nSPS) is 11.6. The number of thiophene rings is 1. The van der Waals surface area contributed by atoms with Crippen molar-refractivity contribution in [1.29, 1.82) is 0 Å². The third-order valence-corrected chi connectivity index (χ3v) is 4.04. The first kappa shape index (κ1) is 14.8. The van der Waals surface area contributed by atoms with E-state index in [1.165, 1.54) is 4.88 Å². The Morgan fingerprint density at radius 1 is 1.40 bits per heavy atom. The predicted molar refractivity (Wildman–Crippen MR) is 83.6 cm³/mol. The Kier molecular flexibility index (Phi) is 4.28. The summed E-state index contributed by atoms with van der Waals surface area (Å²) in [5.74, 6) is 0.471. The molecule has 20 heavy (non-hydrogen) atoms. The first-order chi connectivity index (χ1) is 9.40. The fourth-order valence-corrected chi connectivity index (χ4v) is 2.81. The lowest BCUT2D eigenvalue weighted by atomic mass is 9.92. The molecule has 2 N–H and O–H groups in total. The highest BCUT2D eigenvalue weighted by Crippen LogP contribution is 2.23. The van der Waals surface area contributed by atoms with Gasteiger partial charge in [-0.3, -0.25) is 9.89 Å². The maximum Gasteiger partial charge on any atom is 0.257 e. The SMILES string of the molecule is CCCc1cc(C(=O)Nc2cc(C(C)(C)C)[nH]n2)cs1. The van der Waals surface area contributed by atoms with E-state index in [-0.39, 0.29) is 11.3 Å². The quantitative estimate of drug-likeness (QED) is 0.895. The molecule has 2 heterocycles.